The number of nitrogens with zero attached hydrogens (tertiary/aromatic N) is 2. The van der Waals surface area contributed by atoms with E-state index in [4.69, 9.17) is 4.74 Å². The molecule has 0 aliphatic carbocycles. The highest BCUT2D eigenvalue weighted by molar-refractivity contribution is 5.60. The van der Waals surface area contributed by atoms with Crippen molar-refractivity contribution in [2.24, 2.45) is 5.41 Å². The predicted octanol–water partition coefficient (Wildman–Crippen LogP) is 1.54. The largest absolute Gasteiger partial charge is 0.381 e. The average Bonchev–Trinajstić information content (AvgIpc) is 2.97. The fourth-order valence-electron chi connectivity index (χ4n) is 4.07. The van der Waals surface area contributed by atoms with Gasteiger partial charge in [-0.25, -0.2) is 0 Å². The molecule has 0 bridgehead atoms. The number of carbonyl (C=O) groups is 1. The summed E-state index contributed by atoms with van der Waals surface area (Å²) in [7, 11) is 0. The van der Waals surface area contributed by atoms with Gasteiger partial charge in [-0.2, -0.15) is 0 Å². The highest BCUT2D eigenvalue weighted by atomic mass is 16.5. The van der Waals surface area contributed by atoms with E-state index in [2.05, 4.69) is 9.80 Å². The maximum Gasteiger partial charge on any atom is 0.127 e. The second kappa shape index (κ2) is 6.54. The molecule has 4 nitrogen and oxygen atoms in total. The summed E-state index contributed by atoms with van der Waals surface area (Å²) in [5.74, 6) is 0. The molecular formula is C16H28N2O2. The number of ether oxygens (including phenoxy) is 1. The molecule has 3 fully saturated rings. The first-order valence-electron chi connectivity index (χ1n) is 8.32. The van der Waals surface area contributed by atoms with Crippen LogP contribution < -0.4 is 0 Å². The van der Waals surface area contributed by atoms with Crippen molar-refractivity contribution in [2.75, 3.05) is 45.9 Å². The molecule has 0 radical (unpaired) electrons. The molecule has 0 spiro atoms. The lowest BCUT2D eigenvalue weighted by Crippen LogP contribution is -2.44. The SMILES string of the molecule is O=CC1(CN2CCC(N3CCCCC3)C2)CCOCC1. The quantitative estimate of drug-likeness (QED) is 0.731. The van der Waals surface area contributed by atoms with Gasteiger partial charge >= 0.3 is 0 Å². The monoisotopic (exact) mass is 280 g/mol. The normalized spacial score (nSPS) is 32.3. The summed E-state index contributed by atoms with van der Waals surface area (Å²) >= 11 is 0. The minimum atomic E-state index is -0.130. The summed E-state index contributed by atoms with van der Waals surface area (Å²) in [5.41, 5.74) is -0.130. The number of hydrogen-bond acceptors (Lipinski definition) is 4. The van der Waals surface area contributed by atoms with Crippen LogP contribution in [0.25, 0.3) is 0 Å². The second-order valence-corrected chi connectivity index (χ2v) is 6.87. The van der Waals surface area contributed by atoms with E-state index in [1.807, 2.05) is 0 Å². The molecular weight excluding hydrogens is 252 g/mol. The predicted molar refractivity (Wildman–Crippen MR) is 78.8 cm³/mol. The van der Waals surface area contributed by atoms with E-state index >= 15 is 0 Å². The zero-order chi connectivity index (χ0) is 13.8. The molecule has 0 amide bonds. The molecule has 114 valence electrons. The minimum Gasteiger partial charge on any atom is -0.381 e. The van der Waals surface area contributed by atoms with Crippen molar-refractivity contribution < 1.29 is 9.53 Å². The Morgan fingerprint density at radius 2 is 1.85 bits per heavy atom. The van der Waals surface area contributed by atoms with Gasteiger partial charge < -0.3 is 14.4 Å². The summed E-state index contributed by atoms with van der Waals surface area (Å²) in [6.07, 6.45) is 8.44. The molecule has 4 heteroatoms. The summed E-state index contributed by atoms with van der Waals surface area (Å²) in [5, 5.41) is 0. The Balaban J connectivity index is 1.52. The standard InChI is InChI=1S/C16H28N2O2/c19-14-16(5-10-20-11-6-16)13-17-9-4-15(12-17)18-7-2-1-3-8-18/h14-15H,1-13H2. The zero-order valence-electron chi connectivity index (χ0n) is 12.6. The van der Waals surface area contributed by atoms with Crippen molar-refractivity contribution in [3.63, 3.8) is 0 Å². The Labute approximate surface area is 122 Å². The van der Waals surface area contributed by atoms with Crippen LogP contribution in [0.5, 0.6) is 0 Å². The molecule has 1 atom stereocenters. The first-order chi connectivity index (χ1) is 9.81. The van der Waals surface area contributed by atoms with Crippen LogP contribution in [0.4, 0.5) is 0 Å². The van der Waals surface area contributed by atoms with Crippen LogP contribution in [-0.4, -0.2) is 68.1 Å². The van der Waals surface area contributed by atoms with E-state index in [9.17, 15) is 4.79 Å². The van der Waals surface area contributed by atoms with Crippen LogP contribution in [0.3, 0.4) is 0 Å². The van der Waals surface area contributed by atoms with E-state index in [1.54, 1.807) is 0 Å². The van der Waals surface area contributed by atoms with Crippen LogP contribution in [0, 0.1) is 5.41 Å². The highest BCUT2D eigenvalue weighted by Crippen LogP contribution is 2.31. The molecule has 3 rings (SSSR count). The number of rotatable bonds is 4. The molecule has 20 heavy (non-hydrogen) atoms. The fraction of sp³-hybridized carbons (Fsp3) is 0.938. The van der Waals surface area contributed by atoms with Crippen molar-refractivity contribution in [1.29, 1.82) is 0 Å². The first-order valence-corrected chi connectivity index (χ1v) is 8.32. The van der Waals surface area contributed by atoms with E-state index in [-0.39, 0.29) is 5.41 Å². The molecule has 3 aliphatic rings. The smallest absolute Gasteiger partial charge is 0.127 e. The Hall–Kier alpha value is -0.450. The number of hydrogen-bond donors (Lipinski definition) is 0. The summed E-state index contributed by atoms with van der Waals surface area (Å²) in [4.78, 5) is 16.8. The van der Waals surface area contributed by atoms with Crippen molar-refractivity contribution in [3.05, 3.63) is 0 Å². The van der Waals surface area contributed by atoms with Gasteiger partial charge in [0, 0.05) is 37.8 Å². The molecule has 0 aromatic carbocycles. The van der Waals surface area contributed by atoms with Crippen molar-refractivity contribution >= 4 is 6.29 Å². The lowest BCUT2D eigenvalue weighted by atomic mass is 9.81. The average molecular weight is 280 g/mol. The summed E-state index contributed by atoms with van der Waals surface area (Å²) in [6, 6.07) is 0.735. The van der Waals surface area contributed by atoms with Gasteiger partial charge in [-0.15, -0.1) is 0 Å². The summed E-state index contributed by atoms with van der Waals surface area (Å²) < 4.78 is 5.42. The third kappa shape index (κ3) is 3.23. The highest BCUT2D eigenvalue weighted by Gasteiger charge is 2.37. The van der Waals surface area contributed by atoms with Gasteiger partial charge in [-0.3, -0.25) is 4.90 Å². The van der Waals surface area contributed by atoms with E-state index in [0.29, 0.717) is 0 Å². The van der Waals surface area contributed by atoms with Gasteiger partial charge in [0.15, 0.2) is 0 Å². The lowest BCUT2D eigenvalue weighted by Gasteiger charge is -2.36. The molecule has 0 aromatic heterocycles. The third-order valence-corrected chi connectivity index (χ3v) is 5.43. The Kier molecular flexibility index (Phi) is 4.74. The van der Waals surface area contributed by atoms with Crippen LogP contribution in [0.15, 0.2) is 0 Å². The van der Waals surface area contributed by atoms with Crippen LogP contribution in [-0.2, 0) is 9.53 Å². The number of carbonyl (C=O) groups excluding carboxylic acids is 1. The van der Waals surface area contributed by atoms with E-state index in [1.165, 1.54) is 45.1 Å². The summed E-state index contributed by atoms with van der Waals surface area (Å²) in [6.45, 7) is 7.35. The molecule has 1 unspecified atom stereocenters. The van der Waals surface area contributed by atoms with Crippen LogP contribution >= 0.6 is 0 Å². The molecule has 0 aromatic rings. The molecule has 0 saturated carbocycles. The van der Waals surface area contributed by atoms with Gasteiger partial charge in [-0.1, -0.05) is 6.42 Å². The Bertz CT molecular complexity index is 322. The maximum absolute atomic E-state index is 11.6. The molecule has 3 saturated heterocycles. The number of likely N-dealkylation sites (tertiary alicyclic amines) is 2. The van der Waals surface area contributed by atoms with Gasteiger partial charge in [0.1, 0.15) is 6.29 Å². The lowest BCUT2D eigenvalue weighted by molar-refractivity contribution is -0.122. The van der Waals surface area contributed by atoms with Crippen LogP contribution in [0.1, 0.15) is 38.5 Å². The zero-order valence-corrected chi connectivity index (χ0v) is 12.6. The van der Waals surface area contributed by atoms with E-state index < -0.39 is 0 Å². The van der Waals surface area contributed by atoms with Gasteiger partial charge in [0.2, 0.25) is 0 Å². The maximum atomic E-state index is 11.6. The first kappa shape index (κ1) is 14.5. The van der Waals surface area contributed by atoms with Gasteiger partial charge in [0.05, 0.1) is 0 Å². The van der Waals surface area contributed by atoms with Crippen molar-refractivity contribution in [2.45, 2.75) is 44.6 Å². The van der Waals surface area contributed by atoms with Crippen LogP contribution in [0.2, 0.25) is 0 Å². The third-order valence-electron chi connectivity index (χ3n) is 5.43. The van der Waals surface area contributed by atoms with Crippen molar-refractivity contribution in [1.82, 2.24) is 9.80 Å². The Morgan fingerprint density at radius 3 is 2.55 bits per heavy atom. The van der Waals surface area contributed by atoms with Gasteiger partial charge in [-0.05, 0) is 51.7 Å². The number of piperidine rings is 1. The molecule has 0 N–H and O–H groups in total. The number of aldehydes is 1. The topological polar surface area (TPSA) is 32.8 Å². The fourth-order valence-corrected chi connectivity index (χ4v) is 4.07. The molecule has 3 aliphatic heterocycles. The van der Waals surface area contributed by atoms with Crippen molar-refractivity contribution in [3.8, 4) is 0 Å². The minimum absolute atomic E-state index is 0.130. The van der Waals surface area contributed by atoms with E-state index in [0.717, 1.165) is 51.7 Å². The second-order valence-electron chi connectivity index (χ2n) is 6.87. The van der Waals surface area contributed by atoms with Gasteiger partial charge in [0.25, 0.3) is 0 Å². The Morgan fingerprint density at radius 1 is 1.10 bits per heavy atom. The molecule has 3 heterocycles.